The lowest BCUT2D eigenvalue weighted by atomic mass is 9.99. The molecule has 0 aliphatic carbocycles. The van der Waals surface area contributed by atoms with Crippen LogP contribution in [0.25, 0.3) is 0 Å². The Kier molecular flexibility index (Phi) is 7.80. The summed E-state index contributed by atoms with van der Waals surface area (Å²) in [5.74, 6) is 0. The maximum absolute atomic E-state index is 11.7. The van der Waals surface area contributed by atoms with E-state index in [1.807, 2.05) is 13.8 Å². The Hall–Kier alpha value is -0.260. The predicted octanol–water partition coefficient (Wildman–Crippen LogP) is 2.22. The first-order valence-electron chi connectivity index (χ1n) is 5.46. The number of hydrogen-bond acceptors (Lipinski definition) is 3. The summed E-state index contributed by atoms with van der Waals surface area (Å²) in [6.45, 7) is 3.48. The molecular weight excluding hydrogens is 218 g/mol. The van der Waals surface area contributed by atoms with Gasteiger partial charge in [0.1, 0.15) is 6.61 Å². The fourth-order valence-corrected chi connectivity index (χ4v) is 1.15. The average molecular weight is 240 g/mol. The second-order valence-corrected chi connectivity index (χ2v) is 4.41. The molecule has 0 aliphatic rings. The minimum Gasteiger partial charge on any atom is -0.393 e. The summed E-state index contributed by atoms with van der Waals surface area (Å²) < 4.78 is 33.3. The molecular formula is C11H22F2O3. The minimum atomic E-state index is -2.44. The van der Waals surface area contributed by atoms with Gasteiger partial charge in [0.2, 0.25) is 0 Å². The minimum absolute atomic E-state index is 0.166. The van der Waals surface area contributed by atoms with Crippen molar-refractivity contribution in [2.24, 2.45) is 0 Å². The second kappa shape index (κ2) is 7.92. The van der Waals surface area contributed by atoms with Crippen LogP contribution in [0.2, 0.25) is 0 Å². The molecule has 0 saturated heterocycles. The molecule has 0 aliphatic heterocycles. The van der Waals surface area contributed by atoms with Crippen molar-refractivity contribution < 1.29 is 23.4 Å². The quantitative estimate of drug-likeness (QED) is 0.628. The molecule has 5 heteroatoms. The number of aliphatic hydroxyl groups is 1. The lowest BCUT2D eigenvalue weighted by molar-refractivity contribution is -0.0110. The maximum atomic E-state index is 11.7. The highest BCUT2D eigenvalue weighted by Gasteiger charge is 2.18. The molecule has 1 atom stereocenters. The zero-order valence-electron chi connectivity index (χ0n) is 10.2. The van der Waals surface area contributed by atoms with E-state index in [0.29, 0.717) is 12.8 Å². The molecule has 0 aromatic carbocycles. The lowest BCUT2D eigenvalue weighted by Crippen LogP contribution is -2.25. The van der Waals surface area contributed by atoms with Gasteiger partial charge in [-0.3, -0.25) is 0 Å². The van der Waals surface area contributed by atoms with E-state index in [1.165, 1.54) is 0 Å². The van der Waals surface area contributed by atoms with Gasteiger partial charge in [0.15, 0.2) is 0 Å². The van der Waals surface area contributed by atoms with Crippen LogP contribution in [0.4, 0.5) is 8.78 Å². The van der Waals surface area contributed by atoms with Crippen LogP contribution in [-0.2, 0) is 9.47 Å². The van der Waals surface area contributed by atoms with E-state index < -0.39 is 19.1 Å². The number of rotatable bonds is 9. The summed E-state index contributed by atoms with van der Waals surface area (Å²) in [7, 11) is 1.62. The number of alkyl halides is 2. The van der Waals surface area contributed by atoms with Gasteiger partial charge in [-0.2, -0.15) is 0 Å². The van der Waals surface area contributed by atoms with E-state index in [1.54, 1.807) is 7.11 Å². The normalized spacial score (nSPS) is 14.4. The van der Waals surface area contributed by atoms with Gasteiger partial charge in [0.05, 0.1) is 11.7 Å². The van der Waals surface area contributed by atoms with Crippen molar-refractivity contribution in [3.63, 3.8) is 0 Å². The van der Waals surface area contributed by atoms with Crippen LogP contribution < -0.4 is 0 Å². The van der Waals surface area contributed by atoms with Crippen molar-refractivity contribution in [3.05, 3.63) is 0 Å². The van der Waals surface area contributed by atoms with Gasteiger partial charge in [-0.25, -0.2) is 8.78 Å². The molecule has 0 amide bonds. The Morgan fingerprint density at radius 1 is 1.25 bits per heavy atom. The van der Waals surface area contributed by atoms with Gasteiger partial charge in [-0.05, 0) is 33.1 Å². The number of methoxy groups -OCH3 is 1. The van der Waals surface area contributed by atoms with Crippen LogP contribution in [0.5, 0.6) is 0 Å². The number of aliphatic hydroxyl groups excluding tert-OH is 1. The highest BCUT2D eigenvalue weighted by molar-refractivity contribution is 4.70. The summed E-state index contributed by atoms with van der Waals surface area (Å²) in [4.78, 5) is 0. The van der Waals surface area contributed by atoms with Gasteiger partial charge in [0.25, 0.3) is 6.43 Å². The number of hydrogen-bond donors (Lipinski definition) is 1. The zero-order valence-corrected chi connectivity index (χ0v) is 10.2. The monoisotopic (exact) mass is 240 g/mol. The average Bonchev–Trinajstić information content (AvgIpc) is 2.21. The first kappa shape index (κ1) is 15.7. The van der Waals surface area contributed by atoms with Crippen LogP contribution in [-0.4, -0.2) is 43.6 Å². The largest absolute Gasteiger partial charge is 0.393 e. The summed E-state index contributed by atoms with van der Waals surface area (Å²) in [5, 5.41) is 9.55. The van der Waals surface area contributed by atoms with Crippen LogP contribution in [0.1, 0.15) is 33.1 Å². The zero-order chi connectivity index (χ0) is 12.6. The maximum Gasteiger partial charge on any atom is 0.261 e. The molecule has 0 saturated carbocycles. The SMILES string of the molecule is COC(C)(C)CCC(O)CCOCC(F)F. The molecule has 0 spiro atoms. The standard InChI is InChI=1S/C11H22F2O3/c1-11(2,15-3)6-4-9(14)5-7-16-8-10(12)13/h9-10,14H,4-8H2,1-3H3. The molecule has 0 fully saturated rings. The molecule has 0 rings (SSSR count). The third-order valence-corrected chi connectivity index (χ3v) is 2.47. The van der Waals surface area contributed by atoms with Crippen molar-refractivity contribution in [2.75, 3.05) is 20.3 Å². The van der Waals surface area contributed by atoms with Crippen molar-refractivity contribution in [1.82, 2.24) is 0 Å². The van der Waals surface area contributed by atoms with E-state index in [2.05, 4.69) is 4.74 Å². The van der Waals surface area contributed by atoms with Crippen molar-refractivity contribution in [1.29, 1.82) is 0 Å². The molecule has 3 nitrogen and oxygen atoms in total. The predicted molar refractivity (Wildman–Crippen MR) is 57.8 cm³/mol. The molecule has 16 heavy (non-hydrogen) atoms. The van der Waals surface area contributed by atoms with Gasteiger partial charge in [-0.1, -0.05) is 0 Å². The highest BCUT2D eigenvalue weighted by atomic mass is 19.3. The molecule has 1 unspecified atom stereocenters. The Labute approximate surface area is 95.7 Å². The number of halogens is 2. The van der Waals surface area contributed by atoms with Gasteiger partial charge in [-0.15, -0.1) is 0 Å². The Morgan fingerprint density at radius 2 is 1.88 bits per heavy atom. The first-order chi connectivity index (χ1) is 7.37. The Morgan fingerprint density at radius 3 is 2.38 bits per heavy atom. The first-order valence-corrected chi connectivity index (χ1v) is 5.46. The number of ether oxygens (including phenoxy) is 2. The van der Waals surface area contributed by atoms with E-state index in [9.17, 15) is 13.9 Å². The third kappa shape index (κ3) is 9.00. The van der Waals surface area contributed by atoms with Crippen LogP contribution >= 0.6 is 0 Å². The Balaban J connectivity index is 3.48. The molecule has 0 heterocycles. The van der Waals surface area contributed by atoms with Gasteiger partial charge in [0, 0.05) is 13.7 Å². The highest BCUT2D eigenvalue weighted by Crippen LogP contribution is 2.17. The van der Waals surface area contributed by atoms with Crippen molar-refractivity contribution >= 4 is 0 Å². The van der Waals surface area contributed by atoms with Crippen molar-refractivity contribution in [3.8, 4) is 0 Å². The van der Waals surface area contributed by atoms with Gasteiger partial charge >= 0.3 is 0 Å². The molecule has 0 bridgehead atoms. The van der Waals surface area contributed by atoms with E-state index in [4.69, 9.17) is 4.74 Å². The van der Waals surface area contributed by atoms with Gasteiger partial charge < -0.3 is 14.6 Å². The lowest BCUT2D eigenvalue weighted by Gasteiger charge is -2.24. The topological polar surface area (TPSA) is 38.7 Å². The molecule has 1 N–H and O–H groups in total. The molecule has 0 aromatic rings. The summed E-state index contributed by atoms with van der Waals surface area (Å²) in [5.41, 5.74) is -0.259. The summed E-state index contributed by atoms with van der Waals surface area (Å²) in [6, 6.07) is 0. The fraction of sp³-hybridized carbons (Fsp3) is 1.00. The van der Waals surface area contributed by atoms with Crippen LogP contribution in [0.15, 0.2) is 0 Å². The summed E-state index contributed by atoms with van der Waals surface area (Å²) in [6.07, 6.45) is -1.28. The van der Waals surface area contributed by atoms with E-state index in [0.717, 1.165) is 6.42 Å². The van der Waals surface area contributed by atoms with Crippen molar-refractivity contribution in [2.45, 2.75) is 51.2 Å². The van der Waals surface area contributed by atoms with E-state index in [-0.39, 0.29) is 12.2 Å². The van der Waals surface area contributed by atoms with E-state index >= 15 is 0 Å². The molecule has 0 aromatic heterocycles. The van der Waals surface area contributed by atoms with Crippen LogP contribution in [0, 0.1) is 0 Å². The molecule has 0 radical (unpaired) electrons. The Bertz CT molecular complexity index is 175. The smallest absolute Gasteiger partial charge is 0.261 e. The fourth-order valence-electron chi connectivity index (χ4n) is 1.15. The second-order valence-electron chi connectivity index (χ2n) is 4.41. The molecule has 98 valence electrons. The summed E-state index contributed by atoms with van der Waals surface area (Å²) >= 11 is 0. The van der Waals surface area contributed by atoms with Crippen LogP contribution in [0.3, 0.4) is 0 Å². The third-order valence-electron chi connectivity index (χ3n) is 2.47.